The summed E-state index contributed by atoms with van der Waals surface area (Å²) in [5.74, 6) is -1.54. The minimum Gasteiger partial charge on any atom is -0.380 e. The number of nitrogens with zero attached hydrogens (tertiary/aromatic N) is 1. The minimum absolute atomic E-state index is 0.134. The summed E-state index contributed by atoms with van der Waals surface area (Å²) in [5, 5.41) is 11.8. The van der Waals surface area contributed by atoms with Gasteiger partial charge in [-0.2, -0.15) is 10.6 Å². The largest absolute Gasteiger partial charge is 0.380 e. The SMILES string of the molecule is CC1(C)CN(Cc2ccc(C(=O)N[C@@H]3CCOC[C@@H]3C(=O)NO)cc2)c2ccccc2S1(O)O. The summed E-state index contributed by atoms with van der Waals surface area (Å²) in [7, 11) is -2.94. The first-order valence-electron chi connectivity index (χ1n) is 11.2. The van der Waals surface area contributed by atoms with Crippen molar-refractivity contribution in [3.63, 3.8) is 0 Å². The highest BCUT2D eigenvalue weighted by atomic mass is 32.3. The normalized spacial score (nSPS) is 24.0. The fraction of sp³-hybridized carbons (Fsp3) is 0.417. The van der Waals surface area contributed by atoms with Gasteiger partial charge in [0.15, 0.2) is 0 Å². The average molecular weight is 490 g/mol. The molecule has 2 atom stereocenters. The second-order valence-corrected chi connectivity index (χ2v) is 12.0. The maximum absolute atomic E-state index is 12.8. The fourth-order valence-corrected chi connectivity index (χ4v) is 6.21. The third kappa shape index (κ3) is 4.64. The van der Waals surface area contributed by atoms with Gasteiger partial charge in [0.1, 0.15) is 0 Å². The number of para-hydroxylation sites is 1. The van der Waals surface area contributed by atoms with Crippen LogP contribution in [0.15, 0.2) is 53.4 Å². The van der Waals surface area contributed by atoms with Crippen molar-refractivity contribution in [2.75, 3.05) is 24.7 Å². The summed E-state index contributed by atoms with van der Waals surface area (Å²) in [6.07, 6.45) is 0.477. The molecule has 34 heavy (non-hydrogen) atoms. The lowest BCUT2D eigenvalue weighted by Crippen LogP contribution is -2.51. The Morgan fingerprint density at radius 3 is 2.56 bits per heavy atom. The lowest BCUT2D eigenvalue weighted by atomic mass is 9.94. The molecule has 0 bridgehead atoms. The van der Waals surface area contributed by atoms with Crippen LogP contribution in [0.4, 0.5) is 5.69 Å². The number of rotatable bonds is 5. The molecule has 9 nitrogen and oxygen atoms in total. The molecule has 5 N–H and O–H groups in total. The van der Waals surface area contributed by atoms with Gasteiger partial charge in [-0.1, -0.05) is 24.3 Å². The lowest BCUT2D eigenvalue weighted by Gasteiger charge is -2.54. The fourth-order valence-electron chi connectivity index (χ4n) is 4.52. The molecular formula is C24H31N3O6S. The highest BCUT2D eigenvalue weighted by Crippen LogP contribution is 2.64. The van der Waals surface area contributed by atoms with Crippen LogP contribution in [0, 0.1) is 5.92 Å². The second kappa shape index (κ2) is 9.55. The third-order valence-electron chi connectivity index (χ3n) is 6.56. The number of carbonyl (C=O) groups is 2. The number of nitrogens with one attached hydrogen (secondary N) is 2. The Kier molecular flexibility index (Phi) is 6.88. The van der Waals surface area contributed by atoms with E-state index in [0.717, 1.165) is 11.3 Å². The van der Waals surface area contributed by atoms with Crippen LogP contribution in [-0.4, -0.2) is 56.7 Å². The molecule has 0 radical (unpaired) electrons. The molecule has 1 saturated heterocycles. The Hall–Kier alpha value is -2.63. The van der Waals surface area contributed by atoms with Crippen LogP contribution in [0.2, 0.25) is 0 Å². The van der Waals surface area contributed by atoms with Crippen LogP contribution >= 0.6 is 10.6 Å². The first-order chi connectivity index (χ1) is 16.1. The van der Waals surface area contributed by atoms with Crippen LogP contribution in [0.25, 0.3) is 0 Å². The second-order valence-electron chi connectivity index (χ2n) is 9.36. The van der Waals surface area contributed by atoms with Gasteiger partial charge in [0.2, 0.25) is 0 Å². The summed E-state index contributed by atoms with van der Waals surface area (Å²) in [5.41, 5.74) is 3.88. The Bertz CT molecular complexity index is 1060. The summed E-state index contributed by atoms with van der Waals surface area (Å²) in [6.45, 7) is 5.31. The molecule has 0 aliphatic carbocycles. The molecular weight excluding hydrogens is 458 g/mol. The molecule has 1 fully saturated rings. The van der Waals surface area contributed by atoms with E-state index in [2.05, 4.69) is 10.2 Å². The van der Waals surface area contributed by atoms with Gasteiger partial charge in [-0.05, 0) is 50.1 Å². The number of fused-ring (bicyclic) bond motifs is 1. The van der Waals surface area contributed by atoms with E-state index in [0.29, 0.717) is 36.6 Å². The molecule has 2 heterocycles. The van der Waals surface area contributed by atoms with Crippen LogP contribution in [0.1, 0.15) is 36.2 Å². The predicted molar refractivity (Wildman–Crippen MR) is 129 cm³/mol. The van der Waals surface area contributed by atoms with E-state index >= 15 is 0 Å². The smallest absolute Gasteiger partial charge is 0.251 e. The number of carbonyl (C=O) groups excluding carboxylic acids is 2. The van der Waals surface area contributed by atoms with Gasteiger partial charge >= 0.3 is 0 Å². The summed E-state index contributed by atoms with van der Waals surface area (Å²) in [6, 6.07) is 14.2. The van der Waals surface area contributed by atoms with Crippen LogP contribution in [0.3, 0.4) is 0 Å². The zero-order chi connectivity index (χ0) is 24.5. The highest BCUT2D eigenvalue weighted by Gasteiger charge is 2.43. The van der Waals surface area contributed by atoms with Crippen LogP contribution < -0.4 is 15.7 Å². The Labute approximate surface area is 200 Å². The molecule has 184 valence electrons. The summed E-state index contributed by atoms with van der Waals surface area (Å²) in [4.78, 5) is 27.3. The van der Waals surface area contributed by atoms with Crippen molar-refractivity contribution in [3.05, 3.63) is 59.7 Å². The number of hydrogen-bond acceptors (Lipinski definition) is 7. The molecule has 2 aliphatic heterocycles. The highest BCUT2D eigenvalue weighted by molar-refractivity contribution is 8.25. The number of hydroxylamine groups is 1. The van der Waals surface area contributed by atoms with Crippen molar-refractivity contribution in [1.29, 1.82) is 0 Å². The van der Waals surface area contributed by atoms with E-state index in [9.17, 15) is 18.7 Å². The summed E-state index contributed by atoms with van der Waals surface area (Å²) >= 11 is 0. The zero-order valence-corrected chi connectivity index (χ0v) is 20.0. The maximum Gasteiger partial charge on any atom is 0.251 e. The van der Waals surface area contributed by atoms with Gasteiger partial charge in [0, 0.05) is 31.3 Å². The Morgan fingerprint density at radius 2 is 1.85 bits per heavy atom. The van der Waals surface area contributed by atoms with E-state index in [1.807, 2.05) is 44.2 Å². The van der Waals surface area contributed by atoms with E-state index in [-0.39, 0.29) is 12.5 Å². The maximum atomic E-state index is 12.8. The molecule has 0 spiro atoms. The van der Waals surface area contributed by atoms with Crippen LogP contribution in [0.5, 0.6) is 0 Å². The van der Waals surface area contributed by atoms with Crippen molar-refractivity contribution in [3.8, 4) is 0 Å². The van der Waals surface area contributed by atoms with E-state index in [1.165, 1.54) is 0 Å². The number of ether oxygens (including phenoxy) is 1. The molecule has 2 aromatic rings. The van der Waals surface area contributed by atoms with Gasteiger partial charge < -0.3 is 15.0 Å². The molecule has 0 unspecified atom stereocenters. The van der Waals surface area contributed by atoms with Crippen molar-refractivity contribution < 1.29 is 28.6 Å². The van der Waals surface area contributed by atoms with Crippen molar-refractivity contribution in [1.82, 2.24) is 10.8 Å². The standard InChI is InChI=1S/C24H31N3O6S/c1-24(2)15-27(20-5-3-4-6-21(20)34(24,31)32)13-16-7-9-17(10-8-16)22(28)25-19-11-12-33-14-18(19)23(29)26-30/h3-10,18-19,30-32H,11-15H2,1-2H3,(H,25,28)(H,26,29)/t18-,19+/m0/s1. The average Bonchev–Trinajstić information content (AvgIpc) is 2.83. The molecule has 2 amide bonds. The minimum atomic E-state index is -2.94. The van der Waals surface area contributed by atoms with E-state index < -0.39 is 33.2 Å². The Balaban J connectivity index is 1.47. The lowest BCUT2D eigenvalue weighted by molar-refractivity contribution is -0.138. The van der Waals surface area contributed by atoms with Gasteiger partial charge in [0.05, 0.1) is 27.9 Å². The molecule has 2 aliphatic rings. The van der Waals surface area contributed by atoms with Gasteiger partial charge in [-0.15, -0.1) is 0 Å². The van der Waals surface area contributed by atoms with Gasteiger partial charge in [0.25, 0.3) is 11.8 Å². The number of hydrogen-bond donors (Lipinski definition) is 5. The first-order valence-corrected chi connectivity index (χ1v) is 12.7. The topological polar surface area (TPSA) is 131 Å². The van der Waals surface area contributed by atoms with Crippen molar-refractivity contribution in [2.24, 2.45) is 5.92 Å². The number of anilines is 1. The summed E-state index contributed by atoms with van der Waals surface area (Å²) < 4.78 is 26.3. The zero-order valence-electron chi connectivity index (χ0n) is 19.2. The van der Waals surface area contributed by atoms with E-state index in [1.54, 1.807) is 23.7 Å². The molecule has 0 aromatic heterocycles. The number of benzene rings is 2. The van der Waals surface area contributed by atoms with Crippen molar-refractivity contribution >= 4 is 28.1 Å². The van der Waals surface area contributed by atoms with Crippen molar-refractivity contribution in [2.45, 2.75) is 42.5 Å². The quantitative estimate of drug-likeness (QED) is 0.322. The van der Waals surface area contributed by atoms with Gasteiger partial charge in [-0.3, -0.25) is 23.9 Å². The van der Waals surface area contributed by atoms with Gasteiger partial charge in [-0.25, -0.2) is 5.48 Å². The molecule has 2 aromatic carbocycles. The molecule has 10 heteroatoms. The third-order valence-corrected chi connectivity index (χ3v) is 9.19. The van der Waals surface area contributed by atoms with E-state index in [4.69, 9.17) is 9.94 Å². The molecule has 0 saturated carbocycles. The monoisotopic (exact) mass is 489 g/mol. The first kappa shape index (κ1) is 24.5. The number of amides is 2. The Morgan fingerprint density at radius 1 is 1.15 bits per heavy atom. The predicted octanol–water partition coefficient (Wildman–Crippen LogP) is 3.24. The molecule has 4 rings (SSSR count). The van der Waals surface area contributed by atoms with Crippen LogP contribution in [-0.2, 0) is 16.1 Å².